The summed E-state index contributed by atoms with van der Waals surface area (Å²) in [5, 5.41) is 5.89. The maximum atomic E-state index is 12.1. The molecule has 7 nitrogen and oxygen atoms in total. The largest absolute Gasteiger partial charge is 0.378 e. The van der Waals surface area contributed by atoms with Crippen LogP contribution >= 0.6 is 15.9 Å². The van der Waals surface area contributed by atoms with Crippen LogP contribution in [0.1, 0.15) is 5.56 Å². The molecule has 8 heteroatoms. The second-order valence-electron chi connectivity index (χ2n) is 5.71. The van der Waals surface area contributed by atoms with Gasteiger partial charge in [0.2, 0.25) is 0 Å². The molecule has 0 bridgehead atoms. The standard InChI is InChI=1S/C17H16BrN5O2/c18-11-7-13-14(17(24)22-16(13)21-8-11)10-19-12-1-2-15(20-9-12)23-3-5-25-6-4-23/h1-2,7-10,19H,3-6H2,(H,21,22,24). The lowest BCUT2D eigenvalue weighted by Crippen LogP contribution is -2.36. The fourth-order valence-corrected chi connectivity index (χ4v) is 3.12. The molecule has 128 valence electrons. The number of nitrogens with zero attached hydrogens (tertiary/aromatic N) is 3. The average molecular weight is 402 g/mol. The number of carbonyl (C=O) groups is 1. The molecule has 0 spiro atoms. The summed E-state index contributed by atoms with van der Waals surface area (Å²) >= 11 is 3.38. The van der Waals surface area contributed by atoms with Gasteiger partial charge < -0.3 is 20.3 Å². The van der Waals surface area contributed by atoms with Gasteiger partial charge >= 0.3 is 0 Å². The molecule has 0 atom stereocenters. The number of fused-ring (bicyclic) bond motifs is 1. The van der Waals surface area contributed by atoms with Crippen LogP contribution in [-0.2, 0) is 9.53 Å². The molecule has 0 aromatic carbocycles. The Morgan fingerprint density at radius 1 is 1.24 bits per heavy atom. The smallest absolute Gasteiger partial charge is 0.259 e. The van der Waals surface area contributed by atoms with E-state index in [9.17, 15) is 4.79 Å². The summed E-state index contributed by atoms with van der Waals surface area (Å²) in [4.78, 5) is 23.0. The maximum Gasteiger partial charge on any atom is 0.259 e. The summed E-state index contributed by atoms with van der Waals surface area (Å²) in [5.41, 5.74) is 2.12. The Bertz CT molecular complexity index is 831. The van der Waals surface area contributed by atoms with Crippen LogP contribution in [0.25, 0.3) is 5.57 Å². The van der Waals surface area contributed by atoms with Crippen molar-refractivity contribution in [3.63, 3.8) is 0 Å². The van der Waals surface area contributed by atoms with Crippen LogP contribution in [0.15, 0.2) is 41.3 Å². The molecule has 1 fully saturated rings. The molecule has 0 saturated carbocycles. The van der Waals surface area contributed by atoms with Crippen molar-refractivity contribution in [3.05, 3.63) is 46.8 Å². The van der Waals surface area contributed by atoms with E-state index >= 15 is 0 Å². The second kappa shape index (κ2) is 6.81. The molecular weight excluding hydrogens is 386 g/mol. The molecule has 2 aromatic heterocycles. The van der Waals surface area contributed by atoms with Crippen LogP contribution in [0.2, 0.25) is 0 Å². The number of aromatic nitrogens is 2. The third-order valence-electron chi connectivity index (χ3n) is 4.09. The van der Waals surface area contributed by atoms with E-state index in [1.807, 2.05) is 18.2 Å². The van der Waals surface area contributed by atoms with Crippen LogP contribution < -0.4 is 15.5 Å². The van der Waals surface area contributed by atoms with Crippen molar-refractivity contribution in [1.29, 1.82) is 0 Å². The lowest BCUT2D eigenvalue weighted by molar-refractivity contribution is -0.110. The molecule has 0 unspecified atom stereocenters. The second-order valence-corrected chi connectivity index (χ2v) is 6.63. The third kappa shape index (κ3) is 3.35. The third-order valence-corrected chi connectivity index (χ3v) is 4.52. The van der Waals surface area contributed by atoms with Crippen molar-refractivity contribution in [2.75, 3.05) is 41.8 Å². The highest BCUT2D eigenvalue weighted by Gasteiger charge is 2.25. The van der Waals surface area contributed by atoms with Gasteiger partial charge in [-0.15, -0.1) is 0 Å². The minimum Gasteiger partial charge on any atom is -0.378 e. The fraction of sp³-hybridized carbons (Fsp3) is 0.235. The number of morpholine rings is 1. The average Bonchev–Trinajstić information content (AvgIpc) is 2.96. The SMILES string of the molecule is O=C1Nc2ncc(Br)cc2C1=CNc1ccc(N2CCOCC2)nc1. The van der Waals surface area contributed by atoms with E-state index < -0.39 is 0 Å². The molecule has 0 aliphatic carbocycles. The monoisotopic (exact) mass is 401 g/mol. The van der Waals surface area contributed by atoms with Gasteiger partial charge in [0.25, 0.3) is 5.91 Å². The Labute approximate surface area is 153 Å². The van der Waals surface area contributed by atoms with Crippen LogP contribution in [-0.4, -0.2) is 42.2 Å². The van der Waals surface area contributed by atoms with E-state index in [0.29, 0.717) is 11.4 Å². The summed E-state index contributed by atoms with van der Waals surface area (Å²) in [5.74, 6) is 1.33. The van der Waals surface area contributed by atoms with Crippen molar-refractivity contribution in [2.24, 2.45) is 0 Å². The zero-order chi connectivity index (χ0) is 17.2. The summed E-state index contributed by atoms with van der Waals surface area (Å²) in [6, 6.07) is 5.78. The zero-order valence-electron chi connectivity index (χ0n) is 13.3. The predicted molar refractivity (Wildman–Crippen MR) is 99.4 cm³/mol. The summed E-state index contributed by atoms with van der Waals surface area (Å²) in [6.45, 7) is 3.16. The minimum absolute atomic E-state index is 0.175. The molecule has 2 N–H and O–H groups in total. The maximum absolute atomic E-state index is 12.1. The van der Waals surface area contributed by atoms with E-state index in [0.717, 1.165) is 47.8 Å². The lowest BCUT2D eigenvalue weighted by atomic mass is 10.1. The van der Waals surface area contributed by atoms with Gasteiger partial charge in [0.15, 0.2) is 0 Å². The summed E-state index contributed by atoms with van der Waals surface area (Å²) in [7, 11) is 0. The van der Waals surface area contributed by atoms with Gasteiger partial charge in [0, 0.05) is 35.5 Å². The molecular formula is C17H16BrN5O2. The Balaban J connectivity index is 1.50. The first-order valence-corrected chi connectivity index (χ1v) is 8.73. The van der Waals surface area contributed by atoms with E-state index in [-0.39, 0.29) is 5.91 Å². The van der Waals surface area contributed by atoms with E-state index in [1.165, 1.54) is 0 Å². The number of rotatable bonds is 3. The Morgan fingerprint density at radius 3 is 2.84 bits per heavy atom. The van der Waals surface area contributed by atoms with Gasteiger partial charge in [-0.05, 0) is 34.1 Å². The van der Waals surface area contributed by atoms with Crippen molar-refractivity contribution >= 4 is 44.7 Å². The first-order valence-electron chi connectivity index (χ1n) is 7.93. The fourth-order valence-electron chi connectivity index (χ4n) is 2.79. The van der Waals surface area contributed by atoms with Gasteiger partial charge in [0.1, 0.15) is 11.6 Å². The lowest BCUT2D eigenvalue weighted by Gasteiger charge is -2.27. The van der Waals surface area contributed by atoms with E-state index in [1.54, 1.807) is 18.6 Å². The number of ether oxygens (including phenoxy) is 1. The van der Waals surface area contributed by atoms with Gasteiger partial charge in [-0.1, -0.05) is 0 Å². The van der Waals surface area contributed by atoms with Gasteiger partial charge in [-0.2, -0.15) is 0 Å². The highest BCUT2D eigenvalue weighted by Crippen LogP contribution is 2.31. The molecule has 2 aromatic rings. The van der Waals surface area contributed by atoms with Crippen LogP contribution in [0.5, 0.6) is 0 Å². The Kier molecular flexibility index (Phi) is 4.37. The molecule has 1 amide bonds. The summed E-state index contributed by atoms with van der Waals surface area (Å²) in [6.07, 6.45) is 5.10. The Morgan fingerprint density at radius 2 is 2.08 bits per heavy atom. The first kappa shape index (κ1) is 16.0. The molecule has 4 rings (SSSR count). The minimum atomic E-state index is -0.175. The van der Waals surface area contributed by atoms with Gasteiger partial charge in [-0.3, -0.25) is 4.79 Å². The number of carbonyl (C=O) groups excluding carboxylic acids is 1. The zero-order valence-corrected chi connectivity index (χ0v) is 14.9. The molecule has 1 saturated heterocycles. The van der Waals surface area contributed by atoms with Gasteiger partial charge in [0.05, 0.1) is 30.7 Å². The van der Waals surface area contributed by atoms with Crippen molar-refractivity contribution in [1.82, 2.24) is 9.97 Å². The van der Waals surface area contributed by atoms with Crippen molar-refractivity contribution < 1.29 is 9.53 Å². The Hall–Kier alpha value is -2.45. The topological polar surface area (TPSA) is 79.4 Å². The number of nitrogens with one attached hydrogen (secondary N) is 2. The number of anilines is 3. The van der Waals surface area contributed by atoms with Gasteiger partial charge in [-0.25, -0.2) is 9.97 Å². The predicted octanol–water partition coefficient (Wildman–Crippen LogP) is 2.48. The highest BCUT2D eigenvalue weighted by molar-refractivity contribution is 9.10. The highest BCUT2D eigenvalue weighted by atomic mass is 79.9. The molecule has 2 aliphatic heterocycles. The van der Waals surface area contributed by atoms with E-state index in [2.05, 4.69) is 41.4 Å². The van der Waals surface area contributed by atoms with Crippen molar-refractivity contribution in [2.45, 2.75) is 0 Å². The first-order chi connectivity index (χ1) is 12.2. The number of pyridine rings is 2. The molecule has 4 heterocycles. The number of hydrogen-bond acceptors (Lipinski definition) is 6. The molecule has 25 heavy (non-hydrogen) atoms. The van der Waals surface area contributed by atoms with Crippen LogP contribution in [0.4, 0.5) is 17.3 Å². The number of hydrogen-bond donors (Lipinski definition) is 2. The van der Waals surface area contributed by atoms with E-state index in [4.69, 9.17) is 4.74 Å². The number of amides is 1. The van der Waals surface area contributed by atoms with Crippen molar-refractivity contribution in [3.8, 4) is 0 Å². The van der Waals surface area contributed by atoms with Crippen LogP contribution in [0, 0.1) is 0 Å². The summed E-state index contributed by atoms with van der Waals surface area (Å²) < 4.78 is 6.18. The molecule has 2 aliphatic rings. The van der Waals surface area contributed by atoms with Crippen LogP contribution in [0.3, 0.4) is 0 Å². The normalized spacial score (nSPS) is 18.2. The molecule has 0 radical (unpaired) electrons. The quantitative estimate of drug-likeness (QED) is 0.769. The number of halogens is 1.